The summed E-state index contributed by atoms with van der Waals surface area (Å²) in [5.41, 5.74) is 8.43. The Balaban J connectivity index is 0.000000166. The van der Waals surface area contributed by atoms with Crippen molar-refractivity contribution in [2.75, 3.05) is 16.0 Å². The molecule has 0 fully saturated rings. The molecule has 10 heterocycles. The average Bonchev–Trinajstić information content (AvgIpc) is 4.25. The van der Waals surface area contributed by atoms with Gasteiger partial charge in [0.25, 0.3) is 0 Å². The van der Waals surface area contributed by atoms with Crippen LogP contribution in [0.5, 0.6) is 0 Å². The van der Waals surface area contributed by atoms with Gasteiger partial charge in [0.15, 0.2) is 5.82 Å². The molecule has 0 aliphatic carbocycles. The van der Waals surface area contributed by atoms with Gasteiger partial charge in [0, 0.05) is 58.5 Å². The van der Waals surface area contributed by atoms with Crippen LogP contribution in [0, 0.1) is 13.8 Å². The van der Waals surface area contributed by atoms with Gasteiger partial charge in [-0.1, -0.05) is 26.2 Å². The zero-order chi connectivity index (χ0) is 52.2. The van der Waals surface area contributed by atoms with E-state index >= 15 is 0 Å². The summed E-state index contributed by atoms with van der Waals surface area (Å²) in [7, 11) is 0. The molecule has 0 saturated carbocycles. The Hall–Kier alpha value is -7.90. The second kappa shape index (κ2) is 26.5. The van der Waals surface area contributed by atoms with E-state index in [-0.39, 0.29) is 11.6 Å². The van der Waals surface area contributed by atoms with E-state index in [9.17, 15) is 26.3 Å². The van der Waals surface area contributed by atoms with Crippen LogP contribution in [-0.2, 0) is 24.2 Å². The van der Waals surface area contributed by atoms with Crippen LogP contribution in [-0.4, -0.2) is 80.1 Å². The van der Waals surface area contributed by atoms with Gasteiger partial charge in [-0.05, 0) is 54.0 Å². The van der Waals surface area contributed by atoms with E-state index in [0.29, 0.717) is 39.1 Å². The van der Waals surface area contributed by atoms with E-state index < -0.39 is 24.1 Å². The highest BCUT2D eigenvalue weighted by Crippen LogP contribution is 2.35. The molecule has 73 heavy (non-hydrogen) atoms. The molecule has 21 nitrogen and oxygen atoms in total. The molecule has 376 valence electrons. The highest BCUT2D eigenvalue weighted by atomic mass is 79.9. The summed E-state index contributed by atoms with van der Waals surface area (Å²) in [5, 5.41) is 10.4. The van der Waals surface area contributed by atoms with Crippen molar-refractivity contribution in [3.8, 4) is 21.4 Å². The van der Waals surface area contributed by atoms with Crippen molar-refractivity contribution in [1.29, 1.82) is 0 Å². The van der Waals surface area contributed by atoms with E-state index in [1.165, 1.54) is 47.9 Å². The SMILES string of the molecule is Cc1ncncc1Br.Cc1ncncc1N(Cc1ccc(-c2noc(C(F)(F)F)n2)s1)c1cnccn1.FC(F)(F)c1nc(-c2ccc(CBr)s2)no1.Nc1cnccn1.c1cnc(Nc2cncnc2)cn1. The first-order chi connectivity index (χ1) is 35.1. The number of nitrogens with one attached hydrogen (secondary N) is 1. The van der Waals surface area contributed by atoms with E-state index in [0.717, 1.165) is 37.0 Å². The van der Waals surface area contributed by atoms with Crippen LogP contribution in [0.25, 0.3) is 21.4 Å². The number of hydrogen-bond donors (Lipinski definition) is 2. The van der Waals surface area contributed by atoms with Crippen LogP contribution in [0.3, 0.4) is 0 Å². The predicted molar refractivity (Wildman–Crippen MR) is 261 cm³/mol. The Bertz CT molecular complexity index is 3140. The molecule has 10 aromatic rings. The number of nitrogens with zero attached hydrogens (tertiary/aromatic N) is 17. The zero-order valence-electron chi connectivity index (χ0n) is 37.3. The molecule has 3 N–H and O–H groups in total. The van der Waals surface area contributed by atoms with Crippen molar-refractivity contribution in [3.63, 3.8) is 0 Å². The highest BCUT2D eigenvalue weighted by molar-refractivity contribution is 9.10. The third kappa shape index (κ3) is 17.1. The number of alkyl halides is 7. The Labute approximate surface area is 433 Å². The molecule has 0 saturated heterocycles. The van der Waals surface area contributed by atoms with E-state index in [1.807, 2.05) is 18.7 Å². The minimum absolute atomic E-state index is 0.0375. The molecule has 0 aliphatic rings. The van der Waals surface area contributed by atoms with E-state index in [4.69, 9.17) is 5.73 Å². The Morgan fingerprint density at radius 1 is 0.603 bits per heavy atom. The molecule has 0 atom stereocenters. The number of thiophene rings is 2. The number of aryl methyl sites for hydroxylation is 2. The second-order valence-electron chi connectivity index (χ2n) is 13.6. The van der Waals surface area contributed by atoms with Crippen molar-refractivity contribution >= 4 is 83.4 Å². The van der Waals surface area contributed by atoms with Crippen molar-refractivity contribution in [2.24, 2.45) is 0 Å². The van der Waals surface area contributed by atoms with Crippen LogP contribution in [0.2, 0.25) is 0 Å². The van der Waals surface area contributed by atoms with E-state index in [2.05, 4.69) is 126 Å². The van der Waals surface area contributed by atoms with Gasteiger partial charge in [-0.3, -0.25) is 15.0 Å². The molecule has 0 unspecified atom stereocenters. The zero-order valence-corrected chi connectivity index (χ0v) is 42.1. The number of anilines is 5. The second-order valence-corrected chi connectivity index (χ2v) is 17.3. The number of rotatable bonds is 9. The molecule has 0 bridgehead atoms. The van der Waals surface area contributed by atoms with Gasteiger partial charge in [-0.15, -0.1) is 22.7 Å². The number of aromatic nitrogens is 16. The number of nitrogens with two attached hydrogens (primary N) is 1. The van der Waals surface area contributed by atoms with Crippen molar-refractivity contribution < 1.29 is 35.4 Å². The van der Waals surface area contributed by atoms with E-state index in [1.54, 1.807) is 98.6 Å². The molecule has 0 aromatic carbocycles. The monoisotopic (exact) mass is 1170 g/mol. The van der Waals surface area contributed by atoms with Crippen LogP contribution >= 0.6 is 54.5 Å². The number of nitrogen functional groups attached to an aromatic ring is 1. The largest absolute Gasteiger partial charge is 0.471 e. The summed E-state index contributed by atoms with van der Waals surface area (Å²) in [5.74, 6) is -1.13. The first-order valence-corrected chi connectivity index (χ1v) is 23.7. The Morgan fingerprint density at radius 3 is 1.60 bits per heavy atom. The lowest BCUT2D eigenvalue weighted by molar-refractivity contribution is -0.160. The van der Waals surface area contributed by atoms with Crippen LogP contribution < -0.4 is 16.0 Å². The predicted octanol–water partition coefficient (Wildman–Crippen LogP) is 10.4. The molecule has 0 spiro atoms. The smallest absolute Gasteiger partial charge is 0.382 e. The average molecular weight is 1170 g/mol. The fourth-order valence-electron chi connectivity index (χ4n) is 5.11. The maximum Gasteiger partial charge on any atom is 0.471 e. The molecule has 10 rings (SSSR count). The number of halogens is 8. The van der Waals surface area contributed by atoms with Gasteiger partial charge in [0.05, 0.1) is 80.7 Å². The standard InChI is InChI=1S/C17H12F3N7OS.C8H4BrF3N2OS.C8H7N5.C5H5BrN2.C4H5N3/c1-10-12(6-22-9-24-10)27(14-7-21-4-5-23-14)8-11-2-3-13(29-11)15-25-16(28-26-15)17(18,19)20;9-3-4-1-2-5(16-4)6-13-7(15-14-6)8(10,11)12;1-2-12-8(5-9-1)13-7-3-10-6-11-4-7;1-4-5(6)2-7-3-8-4;5-4-3-6-1-2-7-4/h2-7,9H,8H2,1H3;1-2H,3H2;1-6H,(H,12,13);2-3H,1H3;1-3H,(H2,5,7). The molecule has 0 amide bonds. The van der Waals surface area contributed by atoms with Crippen LogP contribution in [0.15, 0.2) is 137 Å². The summed E-state index contributed by atoms with van der Waals surface area (Å²) in [6.07, 6.45) is 16.1. The summed E-state index contributed by atoms with van der Waals surface area (Å²) < 4.78 is 84.0. The first kappa shape index (κ1) is 54.4. The van der Waals surface area contributed by atoms with Crippen molar-refractivity contribution in [1.82, 2.24) is 80.1 Å². The number of hydrogen-bond acceptors (Lipinski definition) is 23. The minimum atomic E-state index is -4.68. The molecular formula is C42H33Br2F6N19O2S2. The van der Waals surface area contributed by atoms with Gasteiger partial charge >= 0.3 is 24.1 Å². The fraction of sp³-hybridized carbons (Fsp3) is 0.143. The fourth-order valence-corrected chi connectivity index (χ4v) is 7.57. The lowest BCUT2D eigenvalue weighted by atomic mass is 10.3. The third-order valence-electron chi connectivity index (χ3n) is 8.38. The quantitative estimate of drug-likeness (QED) is 0.100. The van der Waals surface area contributed by atoms with Crippen LogP contribution in [0.1, 0.15) is 32.9 Å². The summed E-state index contributed by atoms with van der Waals surface area (Å²) in [6.45, 7) is 4.14. The maximum atomic E-state index is 12.7. The van der Waals surface area contributed by atoms with Crippen LogP contribution in [0.4, 0.5) is 55.2 Å². The molecular weight excluding hydrogens is 1140 g/mol. The van der Waals surface area contributed by atoms with Gasteiger partial charge in [-0.25, -0.2) is 44.9 Å². The lowest BCUT2D eigenvalue weighted by Gasteiger charge is -2.23. The van der Waals surface area contributed by atoms with Crippen molar-refractivity contribution in [3.05, 3.63) is 161 Å². The topological polar surface area (TPSA) is 274 Å². The first-order valence-electron chi connectivity index (χ1n) is 20.1. The highest BCUT2D eigenvalue weighted by Gasteiger charge is 2.39. The van der Waals surface area contributed by atoms with Gasteiger partial charge in [-0.2, -0.15) is 36.3 Å². The maximum absolute atomic E-state index is 12.7. The molecule has 31 heteroatoms. The molecule has 0 radical (unpaired) electrons. The summed E-state index contributed by atoms with van der Waals surface area (Å²) >= 11 is 9.08. The normalized spacial score (nSPS) is 10.8. The van der Waals surface area contributed by atoms with Gasteiger partial charge in [0.1, 0.15) is 30.6 Å². The molecule has 10 aromatic heterocycles. The summed E-state index contributed by atoms with van der Waals surface area (Å²) in [6, 6.07) is 6.88. The molecule has 0 aliphatic heterocycles. The summed E-state index contributed by atoms with van der Waals surface area (Å²) in [4.78, 5) is 58.9. The van der Waals surface area contributed by atoms with Gasteiger partial charge < -0.3 is 25.0 Å². The Kier molecular flexibility index (Phi) is 19.8. The third-order valence-corrected chi connectivity index (χ3v) is 12.3. The lowest BCUT2D eigenvalue weighted by Crippen LogP contribution is -2.19. The minimum Gasteiger partial charge on any atom is -0.382 e. The van der Waals surface area contributed by atoms with Gasteiger partial charge in [0.2, 0.25) is 11.6 Å². The van der Waals surface area contributed by atoms with Crippen molar-refractivity contribution in [2.45, 2.75) is 38.1 Å². The Morgan fingerprint density at radius 2 is 1.15 bits per heavy atom.